The van der Waals surface area contributed by atoms with Gasteiger partial charge >= 0.3 is 0 Å². The second kappa shape index (κ2) is 8.18. The van der Waals surface area contributed by atoms with Crippen LogP contribution in [0, 0.1) is 0 Å². The number of amides is 1. The first-order chi connectivity index (χ1) is 15.5. The standard InChI is InChI=1S/C27H28ClN3O/c1-3-6-20-17-21(9-8-19(20)4-2)26(32)30-15-12-27(13-16-30)25-7-5-14-31(25)24-18-22(28)10-11-23(24)29-27/h3,5,7-11,14,17-18,29H,1,4,6,12-13,15-16H2,2H3. The van der Waals surface area contributed by atoms with E-state index in [0.29, 0.717) is 13.1 Å². The molecule has 5 heteroatoms. The second-order valence-electron chi connectivity index (χ2n) is 8.75. The second-order valence-corrected chi connectivity index (χ2v) is 9.19. The highest BCUT2D eigenvalue weighted by Gasteiger charge is 2.42. The number of aromatic nitrogens is 1. The van der Waals surface area contributed by atoms with Crippen LogP contribution < -0.4 is 5.32 Å². The largest absolute Gasteiger partial charge is 0.372 e. The van der Waals surface area contributed by atoms with Crippen molar-refractivity contribution in [2.24, 2.45) is 0 Å². The lowest BCUT2D eigenvalue weighted by atomic mass is 9.82. The molecule has 5 rings (SSSR count). The van der Waals surface area contributed by atoms with E-state index in [1.165, 1.54) is 16.8 Å². The molecule has 1 amide bonds. The van der Waals surface area contributed by atoms with Crippen molar-refractivity contribution in [2.45, 2.75) is 38.1 Å². The summed E-state index contributed by atoms with van der Waals surface area (Å²) in [4.78, 5) is 15.3. The first kappa shape index (κ1) is 20.9. The van der Waals surface area contributed by atoms with Crippen LogP contribution in [-0.4, -0.2) is 28.5 Å². The molecule has 0 atom stereocenters. The molecule has 1 spiro atoms. The molecule has 0 saturated carbocycles. The minimum Gasteiger partial charge on any atom is -0.372 e. The van der Waals surface area contributed by atoms with Crippen LogP contribution in [0.1, 0.15) is 46.9 Å². The van der Waals surface area contributed by atoms with Gasteiger partial charge in [0.1, 0.15) is 0 Å². The highest BCUT2D eigenvalue weighted by molar-refractivity contribution is 6.30. The van der Waals surface area contributed by atoms with Crippen molar-refractivity contribution in [2.75, 3.05) is 18.4 Å². The van der Waals surface area contributed by atoms with E-state index in [9.17, 15) is 4.79 Å². The number of nitrogens with one attached hydrogen (secondary N) is 1. The van der Waals surface area contributed by atoms with Crippen molar-refractivity contribution in [3.63, 3.8) is 0 Å². The smallest absolute Gasteiger partial charge is 0.253 e. The van der Waals surface area contributed by atoms with Gasteiger partial charge in [-0.2, -0.15) is 0 Å². The molecule has 2 aromatic carbocycles. The third-order valence-corrected chi connectivity index (χ3v) is 7.17. The summed E-state index contributed by atoms with van der Waals surface area (Å²) in [5, 5.41) is 4.52. The van der Waals surface area contributed by atoms with Crippen molar-refractivity contribution >= 4 is 23.2 Å². The van der Waals surface area contributed by atoms with Gasteiger partial charge in [0.2, 0.25) is 0 Å². The third kappa shape index (κ3) is 3.43. The third-order valence-electron chi connectivity index (χ3n) is 6.93. The number of aryl methyl sites for hydroxylation is 1. The number of carbonyl (C=O) groups is 1. The Labute approximate surface area is 194 Å². The van der Waals surface area contributed by atoms with Gasteiger partial charge in [0.25, 0.3) is 5.91 Å². The van der Waals surface area contributed by atoms with E-state index in [0.717, 1.165) is 47.6 Å². The van der Waals surface area contributed by atoms with E-state index in [-0.39, 0.29) is 11.4 Å². The molecule has 3 heterocycles. The van der Waals surface area contributed by atoms with Gasteiger partial charge in [0, 0.05) is 35.6 Å². The number of halogens is 1. The molecule has 2 aliphatic rings. The van der Waals surface area contributed by atoms with E-state index in [4.69, 9.17) is 11.6 Å². The molecule has 164 valence electrons. The number of carbonyl (C=O) groups excluding carboxylic acids is 1. The molecule has 1 fully saturated rings. The van der Waals surface area contributed by atoms with Crippen LogP contribution in [-0.2, 0) is 18.4 Å². The van der Waals surface area contributed by atoms with Gasteiger partial charge in [0.05, 0.1) is 16.9 Å². The summed E-state index contributed by atoms with van der Waals surface area (Å²) in [6.45, 7) is 7.44. The van der Waals surface area contributed by atoms with Crippen LogP contribution in [0.5, 0.6) is 0 Å². The molecule has 1 N–H and O–H groups in total. The molecule has 0 unspecified atom stereocenters. The summed E-state index contributed by atoms with van der Waals surface area (Å²) in [6, 6.07) is 16.4. The van der Waals surface area contributed by atoms with Crippen LogP contribution in [0.15, 0.2) is 67.4 Å². The Balaban J connectivity index is 1.38. The molecule has 1 saturated heterocycles. The summed E-state index contributed by atoms with van der Waals surface area (Å²) < 4.78 is 2.24. The average Bonchev–Trinajstić information content (AvgIpc) is 3.32. The minimum atomic E-state index is -0.179. The predicted octanol–water partition coefficient (Wildman–Crippen LogP) is 5.98. The zero-order valence-corrected chi connectivity index (χ0v) is 19.2. The number of likely N-dealkylation sites (tertiary alicyclic amines) is 1. The highest BCUT2D eigenvalue weighted by atomic mass is 35.5. The lowest BCUT2D eigenvalue weighted by molar-refractivity contribution is 0.0676. The van der Waals surface area contributed by atoms with E-state index in [1.54, 1.807) is 0 Å². The maximum Gasteiger partial charge on any atom is 0.253 e. The molecule has 0 aliphatic carbocycles. The lowest BCUT2D eigenvalue weighted by Crippen LogP contribution is -2.51. The number of rotatable bonds is 4. The van der Waals surface area contributed by atoms with Crippen molar-refractivity contribution in [3.05, 3.63) is 94.8 Å². The normalized spacial score (nSPS) is 16.2. The Morgan fingerprint density at radius 3 is 2.72 bits per heavy atom. The van der Waals surface area contributed by atoms with E-state index in [1.807, 2.05) is 29.2 Å². The van der Waals surface area contributed by atoms with Crippen molar-refractivity contribution < 1.29 is 4.79 Å². The van der Waals surface area contributed by atoms with Crippen LogP contribution in [0.4, 0.5) is 5.69 Å². The monoisotopic (exact) mass is 445 g/mol. The number of piperidine rings is 1. The van der Waals surface area contributed by atoms with Gasteiger partial charge in [0.15, 0.2) is 0 Å². The van der Waals surface area contributed by atoms with Gasteiger partial charge in [-0.25, -0.2) is 0 Å². The lowest BCUT2D eigenvalue weighted by Gasteiger charge is -2.46. The summed E-state index contributed by atoms with van der Waals surface area (Å²) in [5.41, 5.74) is 6.47. The van der Waals surface area contributed by atoms with E-state index in [2.05, 4.69) is 59.9 Å². The number of nitrogens with zero attached hydrogens (tertiary/aromatic N) is 2. The van der Waals surface area contributed by atoms with Crippen molar-refractivity contribution in [1.82, 2.24) is 9.47 Å². The number of fused-ring (bicyclic) bond motifs is 4. The molecular weight excluding hydrogens is 418 g/mol. The highest BCUT2D eigenvalue weighted by Crippen LogP contribution is 2.44. The van der Waals surface area contributed by atoms with Gasteiger partial charge in [-0.3, -0.25) is 4.79 Å². The van der Waals surface area contributed by atoms with Crippen molar-refractivity contribution in [1.29, 1.82) is 0 Å². The Kier molecular flexibility index (Phi) is 5.34. The molecule has 4 nitrogen and oxygen atoms in total. The van der Waals surface area contributed by atoms with Gasteiger partial charge in [-0.05, 0) is 79.3 Å². The van der Waals surface area contributed by atoms with E-state index >= 15 is 0 Å². The van der Waals surface area contributed by atoms with Crippen LogP contribution in [0.3, 0.4) is 0 Å². The summed E-state index contributed by atoms with van der Waals surface area (Å²) >= 11 is 6.26. The number of allylic oxidation sites excluding steroid dienone is 1. The number of benzene rings is 2. The van der Waals surface area contributed by atoms with E-state index < -0.39 is 0 Å². The zero-order valence-electron chi connectivity index (χ0n) is 18.4. The molecule has 1 aromatic heterocycles. The Bertz CT molecular complexity index is 1190. The maximum absolute atomic E-state index is 13.3. The molecule has 0 radical (unpaired) electrons. The predicted molar refractivity (Wildman–Crippen MR) is 131 cm³/mol. The molecule has 0 bridgehead atoms. The molecule has 3 aromatic rings. The molecular formula is C27H28ClN3O. The Morgan fingerprint density at radius 1 is 1.16 bits per heavy atom. The van der Waals surface area contributed by atoms with Crippen LogP contribution >= 0.6 is 11.6 Å². The first-order valence-corrected chi connectivity index (χ1v) is 11.7. The number of anilines is 1. The quantitative estimate of drug-likeness (QED) is 0.501. The molecule has 32 heavy (non-hydrogen) atoms. The summed E-state index contributed by atoms with van der Waals surface area (Å²) in [6.07, 6.45) is 7.47. The number of hydrogen-bond acceptors (Lipinski definition) is 2. The minimum absolute atomic E-state index is 0.117. The fourth-order valence-corrected chi connectivity index (χ4v) is 5.38. The Hall–Kier alpha value is -2.98. The SMILES string of the molecule is C=CCc1cc(C(=O)N2CCC3(CC2)Nc2ccc(Cl)cc2-n2cccc23)ccc1CC. The van der Waals surface area contributed by atoms with Gasteiger partial charge in [-0.15, -0.1) is 6.58 Å². The fourth-order valence-electron chi connectivity index (χ4n) is 5.22. The zero-order chi connectivity index (χ0) is 22.3. The summed E-state index contributed by atoms with van der Waals surface area (Å²) in [5.74, 6) is 0.117. The Morgan fingerprint density at radius 2 is 1.97 bits per heavy atom. The number of hydrogen-bond donors (Lipinski definition) is 1. The maximum atomic E-state index is 13.3. The first-order valence-electron chi connectivity index (χ1n) is 11.3. The van der Waals surface area contributed by atoms with Crippen LogP contribution in [0.25, 0.3) is 5.69 Å². The van der Waals surface area contributed by atoms with Crippen molar-refractivity contribution in [3.8, 4) is 5.69 Å². The molecule has 2 aliphatic heterocycles. The fraction of sp³-hybridized carbons (Fsp3) is 0.296. The average molecular weight is 446 g/mol. The summed E-state index contributed by atoms with van der Waals surface area (Å²) in [7, 11) is 0. The van der Waals surface area contributed by atoms with Crippen LogP contribution in [0.2, 0.25) is 5.02 Å². The van der Waals surface area contributed by atoms with Gasteiger partial charge in [-0.1, -0.05) is 30.7 Å². The van der Waals surface area contributed by atoms with Gasteiger partial charge < -0.3 is 14.8 Å². The topological polar surface area (TPSA) is 37.3 Å².